The number of benzene rings is 2. The van der Waals surface area contributed by atoms with E-state index in [0.29, 0.717) is 16.7 Å². The number of ether oxygens (including phenoxy) is 2. The van der Waals surface area contributed by atoms with Crippen LogP contribution in [-0.4, -0.2) is 12.0 Å². The molecule has 1 heterocycles. The normalized spacial score (nSPS) is 13.1. The van der Waals surface area contributed by atoms with Crippen LogP contribution in [0.15, 0.2) is 64.0 Å². The van der Waals surface area contributed by atoms with Crippen LogP contribution in [-0.2, 0) is 4.79 Å². The van der Waals surface area contributed by atoms with Gasteiger partial charge in [-0.3, -0.25) is 4.79 Å². The molecular weight excluding hydrogens is 346 g/mol. The average molecular weight is 367 g/mol. The highest BCUT2D eigenvalue weighted by Crippen LogP contribution is 2.24. The lowest BCUT2D eigenvalue weighted by molar-refractivity contribution is -0.137. The van der Waals surface area contributed by atoms with Crippen LogP contribution < -0.4 is 20.6 Å². The van der Waals surface area contributed by atoms with E-state index < -0.39 is 12.0 Å². The summed E-state index contributed by atoms with van der Waals surface area (Å²) in [5, 5.41) is 0.328. The van der Waals surface area contributed by atoms with Crippen molar-refractivity contribution in [1.29, 1.82) is 0 Å². The molecule has 0 aliphatic rings. The maximum Gasteiger partial charge on any atom is 0.328 e. The molecule has 3 aromatic rings. The Balaban J connectivity index is 1.84. The number of hydrogen-bond acceptors (Lipinski definition) is 6. The second-order valence-corrected chi connectivity index (χ2v) is 6.33. The lowest BCUT2D eigenvalue weighted by Gasteiger charge is -2.16. The molecule has 0 spiro atoms. The first-order valence-electron chi connectivity index (χ1n) is 8.75. The summed E-state index contributed by atoms with van der Waals surface area (Å²) in [6.07, 6.45) is 2.02. The van der Waals surface area contributed by atoms with Gasteiger partial charge >= 0.3 is 5.97 Å². The molecule has 27 heavy (non-hydrogen) atoms. The van der Waals surface area contributed by atoms with E-state index in [1.54, 1.807) is 12.1 Å². The summed E-state index contributed by atoms with van der Waals surface area (Å²) < 4.78 is 16.4. The molecule has 0 amide bonds. The maximum atomic E-state index is 12.6. The molecule has 0 aliphatic heterocycles. The van der Waals surface area contributed by atoms with Crippen molar-refractivity contribution < 1.29 is 18.7 Å². The molecule has 3 rings (SSSR count). The van der Waals surface area contributed by atoms with Crippen molar-refractivity contribution in [1.82, 2.24) is 0 Å². The summed E-state index contributed by atoms with van der Waals surface area (Å²) in [5.74, 6) is 0.376. The van der Waals surface area contributed by atoms with Gasteiger partial charge in [-0.1, -0.05) is 38.5 Å². The van der Waals surface area contributed by atoms with Gasteiger partial charge in [-0.2, -0.15) is 0 Å². The molecule has 2 aromatic carbocycles. The smallest absolute Gasteiger partial charge is 0.328 e. The predicted molar refractivity (Wildman–Crippen MR) is 102 cm³/mol. The van der Waals surface area contributed by atoms with Crippen molar-refractivity contribution in [3.05, 3.63) is 65.0 Å². The van der Waals surface area contributed by atoms with Crippen LogP contribution in [0.1, 0.15) is 20.3 Å². The van der Waals surface area contributed by atoms with E-state index in [-0.39, 0.29) is 22.8 Å². The number of hydrogen-bond donors (Lipinski definition) is 1. The number of nitrogens with two attached hydrogens (primary N) is 1. The number of para-hydroxylation sites is 1. The zero-order valence-electron chi connectivity index (χ0n) is 15.2. The highest BCUT2D eigenvalue weighted by Gasteiger charge is 2.22. The van der Waals surface area contributed by atoms with Crippen molar-refractivity contribution in [2.75, 3.05) is 0 Å². The van der Waals surface area contributed by atoms with Crippen molar-refractivity contribution in [2.24, 2.45) is 11.7 Å². The molecule has 0 fully saturated rings. The summed E-state index contributed by atoms with van der Waals surface area (Å²) in [5.41, 5.74) is 5.87. The molecule has 0 aliphatic carbocycles. The summed E-state index contributed by atoms with van der Waals surface area (Å²) in [6.45, 7) is 3.84. The fraction of sp³-hybridized carbons (Fsp3) is 0.238. The first kappa shape index (κ1) is 18.7. The van der Waals surface area contributed by atoms with E-state index in [1.807, 2.05) is 32.0 Å². The fourth-order valence-electron chi connectivity index (χ4n) is 2.51. The molecule has 140 valence electrons. The molecule has 2 N–H and O–H groups in total. The zero-order chi connectivity index (χ0) is 19.4. The minimum Gasteiger partial charge on any atom is -0.460 e. The second-order valence-electron chi connectivity index (χ2n) is 6.33. The number of carbonyl (C=O) groups excluding carboxylic acids is 1. The molecule has 1 aromatic heterocycles. The lowest BCUT2D eigenvalue weighted by atomic mass is 10.0. The van der Waals surface area contributed by atoms with Crippen molar-refractivity contribution >= 4 is 16.9 Å². The van der Waals surface area contributed by atoms with Crippen molar-refractivity contribution in [2.45, 2.75) is 26.3 Å². The molecule has 6 heteroatoms. The third-order valence-electron chi connectivity index (χ3n) is 4.43. The van der Waals surface area contributed by atoms with Crippen molar-refractivity contribution in [3.8, 4) is 17.2 Å². The first-order chi connectivity index (χ1) is 13.0. The van der Waals surface area contributed by atoms with Crippen LogP contribution >= 0.6 is 0 Å². The molecule has 0 radical (unpaired) electrons. The third-order valence-corrected chi connectivity index (χ3v) is 4.43. The molecule has 6 nitrogen and oxygen atoms in total. The van der Waals surface area contributed by atoms with Crippen LogP contribution in [0.4, 0.5) is 0 Å². The minimum atomic E-state index is -0.709. The van der Waals surface area contributed by atoms with E-state index in [2.05, 4.69) is 0 Å². The molecule has 2 atom stereocenters. The van der Waals surface area contributed by atoms with Gasteiger partial charge in [0.15, 0.2) is 0 Å². The van der Waals surface area contributed by atoms with Gasteiger partial charge in [0, 0.05) is 6.07 Å². The first-order valence-corrected chi connectivity index (χ1v) is 8.75. The van der Waals surface area contributed by atoms with Crippen LogP contribution in [0.5, 0.6) is 17.2 Å². The Labute approximate surface area is 156 Å². The van der Waals surface area contributed by atoms with Gasteiger partial charge in [0.2, 0.25) is 11.2 Å². The Morgan fingerprint density at radius 2 is 1.89 bits per heavy atom. The summed E-state index contributed by atoms with van der Waals surface area (Å²) in [7, 11) is 0. The van der Waals surface area contributed by atoms with Gasteiger partial charge < -0.3 is 19.6 Å². The number of carbonyl (C=O) groups is 1. The summed E-state index contributed by atoms with van der Waals surface area (Å²) in [6, 6.07) is 12.8. The molecule has 0 saturated heterocycles. The standard InChI is InChI=1S/C21H21NO5/c1-3-13(2)19(22)21(24)27-15-9-10-16-17(11-15)25-12-18(20(16)23)26-14-7-5-4-6-8-14/h4-13,19H,3,22H2,1-2H3/t13-,19+/m0/s1. The zero-order valence-corrected chi connectivity index (χ0v) is 15.2. The quantitative estimate of drug-likeness (QED) is 0.525. The van der Waals surface area contributed by atoms with E-state index in [4.69, 9.17) is 19.6 Å². The summed E-state index contributed by atoms with van der Waals surface area (Å²) in [4.78, 5) is 24.7. The Bertz CT molecular complexity index is 996. The van der Waals surface area contributed by atoms with E-state index in [0.717, 1.165) is 6.42 Å². The highest BCUT2D eigenvalue weighted by molar-refractivity contribution is 5.82. The SMILES string of the molecule is CC[C@H](C)[C@@H](N)C(=O)Oc1ccc2c(=O)c(Oc3ccccc3)coc2c1. The maximum absolute atomic E-state index is 12.6. The van der Waals surface area contributed by atoms with Gasteiger partial charge in [0.1, 0.15) is 29.4 Å². The lowest BCUT2D eigenvalue weighted by Crippen LogP contribution is -2.39. The molecule has 0 unspecified atom stereocenters. The second kappa shape index (κ2) is 8.05. The number of fused-ring (bicyclic) bond motifs is 1. The average Bonchev–Trinajstić information content (AvgIpc) is 2.69. The molecular formula is C21H21NO5. The van der Waals surface area contributed by atoms with E-state index >= 15 is 0 Å². The van der Waals surface area contributed by atoms with Crippen LogP contribution in [0, 0.1) is 5.92 Å². The topological polar surface area (TPSA) is 91.8 Å². The number of esters is 1. The van der Waals surface area contributed by atoms with Gasteiger partial charge in [-0.25, -0.2) is 4.79 Å². The largest absolute Gasteiger partial charge is 0.460 e. The Morgan fingerprint density at radius 3 is 2.59 bits per heavy atom. The minimum absolute atomic E-state index is 0.00795. The third kappa shape index (κ3) is 4.17. The highest BCUT2D eigenvalue weighted by atomic mass is 16.5. The monoisotopic (exact) mass is 367 g/mol. The predicted octanol–water partition coefficient (Wildman–Crippen LogP) is 3.86. The Hall–Kier alpha value is -3.12. The van der Waals surface area contributed by atoms with Gasteiger partial charge in [-0.05, 0) is 30.2 Å². The van der Waals surface area contributed by atoms with Gasteiger partial charge in [0.05, 0.1) is 5.39 Å². The van der Waals surface area contributed by atoms with E-state index in [9.17, 15) is 9.59 Å². The van der Waals surface area contributed by atoms with Crippen LogP contribution in [0.2, 0.25) is 0 Å². The van der Waals surface area contributed by atoms with E-state index in [1.165, 1.54) is 24.5 Å². The van der Waals surface area contributed by atoms with Gasteiger partial charge in [-0.15, -0.1) is 0 Å². The summed E-state index contributed by atoms with van der Waals surface area (Å²) >= 11 is 0. The Kier molecular flexibility index (Phi) is 5.57. The van der Waals surface area contributed by atoms with Crippen LogP contribution in [0.3, 0.4) is 0 Å². The van der Waals surface area contributed by atoms with Gasteiger partial charge in [0.25, 0.3) is 0 Å². The molecule has 0 bridgehead atoms. The van der Waals surface area contributed by atoms with Crippen molar-refractivity contribution in [3.63, 3.8) is 0 Å². The van der Waals surface area contributed by atoms with Crippen LogP contribution in [0.25, 0.3) is 11.0 Å². The number of rotatable bonds is 6. The Morgan fingerprint density at radius 1 is 1.15 bits per heavy atom. The fourth-order valence-corrected chi connectivity index (χ4v) is 2.51. The molecule has 0 saturated carbocycles.